The van der Waals surface area contributed by atoms with Crippen molar-refractivity contribution in [3.05, 3.63) is 73.8 Å². The summed E-state index contributed by atoms with van der Waals surface area (Å²) in [5, 5.41) is 25.3. The minimum absolute atomic E-state index is 0.0252. The van der Waals surface area contributed by atoms with E-state index < -0.39 is 15.8 Å². The highest BCUT2D eigenvalue weighted by molar-refractivity contribution is 5.86. The maximum atomic E-state index is 11.9. The van der Waals surface area contributed by atoms with E-state index in [0.29, 0.717) is 23.5 Å². The lowest BCUT2D eigenvalue weighted by Crippen LogP contribution is -2.19. The van der Waals surface area contributed by atoms with Crippen LogP contribution < -0.4 is 10.2 Å². The van der Waals surface area contributed by atoms with E-state index in [0.717, 1.165) is 0 Å². The first-order valence-electron chi connectivity index (χ1n) is 7.87. The Labute approximate surface area is 153 Å². The topological polar surface area (TPSA) is 137 Å². The van der Waals surface area contributed by atoms with Crippen LogP contribution in [0, 0.1) is 20.2 Å². The van der Waals surface area contributed by atoms with Crippen LogP contribution in [-0.4, -0.2) is 28.6 Å². The number of ether oxygens (including phenoxy) is 1. The van der Waals surface area contributed by atoms with E-state index in [-0.39, 0.29) is 17.8 Å². The predicted molar refractivity (Wildman–Crippen MR) is 96.8 cm³/mol. The van der Waals surface area contributed by atoms with Crippen LogP contribution in [0.25, 0.3) is 0 Å². The highest BCUT2D eigenvalue weighted by Crippen LogP contribution is 2.22. The van der Waals surface area contributed by atoms with E-state index >= 15 is 0 Å². The number of nitrogens with zero attached hydrogens (tertiary/aromatic N) is 3. The molecule has 0 bridgehead atoms. The van der Waals surface area contributed by atoms with Gasteiger partial charge < -0.3 is 4.74 Å². The molecule has 0 aromatic heterocycles. The number of rotatable bonds is 8. The van der Waals surface area contributed by atoms with E-state index in [9.17, 15) is 25.0 Å². The van der Waals surface area contributed by atoms with Gasteiger partial charge in [0.1, 0.15) is 5.75 Å². The summed E-state index contributed by atoms with van der Waals surface area (Å²) in [5.41, 5.74) is 3.05. The van der Waals surface area contributed by atoms with Gasteiger partial charge in [0.15, 0.2) is 0 Å². The molecule has 0 spiro atoms. The zero-order valence-electron chi connectivity index (χ0n) is 14.3. The number of carbonyl (C=O) groups is 1. The minimum atomic E-state index is -0.541. The lowest BCUT2D eigenvalue weighted by Gasteiger charge is -2.06. The van der Waals surface area contributed by atoms with Gasteiger partial charge in [0.25, 0.3) is 11.4 Å². The standard InChI is InChI=1S/C17H16N4O6/c1-2-27-16-8-7-15(21(25)26)10-13(16)11-18-19-17(22)9-12-3-5-14(6-4-12)20(23)24/h3-8,10-11H,2,9H2,1H3,(H,19,22). The van der Waals surface area contributed by atoms with Crippen LogP contribution in [0.5, 0.6) is 5.75 Å². The van der Waals surface area contributed by atoms with Gasteiger partial charge in [-0.05, 0) is 18.6 Å². The SMILES string of the molecule is CCOc1ccc([N+](=O)[O-])cc1C=NNC(=O)Cc1ccc([N+](=O)[O-])cc1. The predicted octanol–water partition coefficient (Wildman–Crippen LogP) is 2.59. The number of nitro groups is 2. The summed E-state index contributed by atoms with van der Waals surface area (Å²) >= 11 is 0. The molecule has 0 saturated heterocycles. The third-order valence-corrected chi connectivity index (χ3v) is 3.41. The molecule has 27 heavy (non-hydrogen) atoms. The van der Waals surface area contributed by atoms with Crippen molar-refractivity contribution in [1.82, 2.24) is 5.43 Å². The molecule has 0 atom stereocenters. The summed E-state index contributed by atoms with van der Waals surface area (Å²) < 4.78 is 5.37. The Balaban J connectivity index is 2.03. The number of hydrazone groups is 1. The van der Waals surface area contributed by atoms with Crippen molar-refractivity contribution in [2.24, 2.45) is 5.10 Å². The number of amides is 1. The van der Waals surface area contributed by atoms with Crippen LogP contribution in [0.2, 0.25) is 0 Å². The van der Waals surface area contributed by atoms with Crippen LogP contribution in [0.4, 0.5) is 11.4 Å². The van der Waals surface area contributed by atoms with Gasteiger partial charge in [-0.1, -0.05) is 12.1 Å². The molecule has 140 valence electrons. The second-order valence-corrected chi connectivity index (χ2v) is 5.31. The Kier molecular flexibility index (Phi) is 6.53. The zero-order chi connectivity index (χ0) is 19.8. The van der Waals surface area contributed by atoms with Crippen LogP contribution in [0.1, 0.15) is 18.1 Å². The maximum absolute atomic E-state index is 11.9. The summed E-state index contributed by atoms with van der Waals surface area (Å²) in [6.45, 7) is 2.14. The first-order chi connectivity index (χ1) is 12.9. The van der Waals surface area contributed by atoms with Crippen LogP contribution in [-0.2, 0) is 11.2 Å². The van der Waals surface area contributed by atoms with Crippen molar-refractivity contribution >= 4 is 23.5 Å². The Bertz CT molecular complexity index is 879. The molecule has 1 amide bonds. The summed E-state index contributed by atoms with van der Waals surface area (Å²) in [4.78, 5) is 32.3. The van der Waals surface area contributed by atoms with E-state index in [1.54, 1.807) is 6.92 Å². The van der Waals surface area contributed by atoms with Gasteiger partial charge in [0.05, 0.1) is 29.1 Å². The average molecular weight is 372 g/mol. The molecule has 10 nitrogen and oxygen atoms in total. The van der Waals surface area contributed by atoms with E-state index in [1.165, 1.54) is 48.7 Å². The molecule has 0 aliphatic carbocycles. The fraction of sp³-hybridized carbons (Fsp3) is 0.176. The Morgan fingerprint density at radius 3 is 2.33 bits per heavy atom. The van der Waals surface area contributed by atoms with Gasteiger partial charge >= 0.3 is 0 Å². The molecule has 0 aliphatic rings. The van der Waals surface area contributed by atoms with Gasteiger partial charge in [-0.15, -0.1) is 0 Å². The van der Waals surface area contributed by atoms with Gasteiger partial charge in [0, 0.05) is 29.8 Å². The number of hydrogen-bond donors (Lipinski definition) is 1. The molecule has 2 rings (SSSR count). The molecule has 2 aromatic rings. The Morgan fingerprint density at radius 1 is 1.11 bits per heavy atom. The molecule has 0 radical (unpaired) electrons. The van der Waals surface area contributed by atoms with E-state index in [1.807, 2.05) is 0 Å². The normalized spacial score (nSPS) is 10.6. The second kappa shape index (κ2) is 9.04. The summed E-state index contributed by atoms with van der Waals surface area (Å²) in [6.07, 6.45) is 1.23. The van der Waals surface area contributed by atoms with Crippen LogP contribution in [0.3, 0.4) is 0 Å². The number of benzene rings is 2. The molecular formula is C17H16N4O6. The van der Waals surface area contributed by atoms with E-state index in [4.69, 9.17) is 4.74 Å². The highest BCUT2D eigenvalue weighted by Gasteiger charge is 2.11. The first kappa shape index (κ1) is 19.5. The molecule has 0 saturated carbocycles. The molecule has 1 N–H and O–H groups in total. The number of non-ortho nitro benzene ring substituents is 2. The second-order valence-electron chi connectivity index (χ2n) is 5.31. The molecule has 2 aromatic carbocycles. The molecule has 10 heteroatoms. The monoisotopic (exact) mass is 372 g/mol. The molecule has 0 fully saturated rings. The van der Waals surface area contributed by atoms with Gasteiger partial charge in [-0.3, -0.25) is 25.0 Å². The Morgan fingerprint density at radius 2 is 1.74 bits per heavy atom. The van der Waals surface area contributed by atoms with Crippen molar-refractivity contribution in [3.63, 3.8) is 0 Å². The van der Waals surface area contributed by atoms with Crippen LogP contribution in [0.15, 0.2) is 47.6 Å². The van der Waals surface area contributed by atoms with Crippen molar-refractivity contribution in [2.75, 3.05) is 6.61 Å². The van der Waals surface area contributed by atoms with Crippen molar-refractivity contribution in [3.8, 4) is 5.75 Å². The number of nitrogens with one attached hydrogen (secondary N) is 1. The van der Waals surface area contributed by atoms with Crippen molar-refractivity contribution in [1.29, 1.82) is 0 Å². The third kappa shape index (κ3) is 5.59. The van der Waals surface area contributed by atoms with E-state index in [2.05, 4.69) is 10.5 Å². The summed E-state index contributed by atoms with van der Waals surface area (Å²) in [5.74, 6) is -0.0417. The Hall–Kier alpha value is -3.82. The summed E-state index contributed by atoms with van der Waals surface area (Å²) in [7, 11) is 0. The summed E-state index contributed by atoms with van der Waals surface area (Å²) in [6, 6.07) is 9.64. The van der Waals surface area contributed by atoms with Gasteiger partial charge in [0.2, 0.25) is 5.91 Å². The first-order valence-corrected chi connectivity index (χ1v) is 7.87. The molecular weight excluding hydrogens is 356 g/mol. The van der Waals surface area contributed by atoms with Crippen molar-refractivity contribution in [2.45, 2.75) is 13.3 Å². The fourth-order valence-corrected chi connectivity index (χ4v) is 2.17. The van der Waals surface area contributed by atoms with Gasteiger partial charge in [-0.25, -0.2) is 5.43 Å². The average Bonchev–Trinajstić information content (AvgIpc) is 2.63. The van der Waals surface area contributed by atoms with Crippen molar-refractivity contribution < 1.29 is 19.4 Å². The highest BCUT2D eigenvalue weighted by atomic mass is 16.6. The minimum Gasteiger partial charge on any atom is -0.493 e. The maximum Gasteiger partial charge on any atom is 0.270 e. The smallest absolute Gasteiger partial charge is 0.270 e. The quantitative estimate of drug-likeness (QED) is 0.429. The number of nitro benzene ring substituents is 2. The number of carbonyl (C=O) groups excluding carboxylic acids is 1. The number of hydrogen-bond acceptors (Lipinski definition) is 7. The molecule has 0 heterocycles. The zero-order valence-corrected chi connectivity index (χ0v) is 14.3. The molecule has 0 aliphatic heterocycles. The van der Waals surface area contributed by atoms with Crippen LogP contribution >= 0.6 is 0 Å². The molecule has 0 unspecified atom stereocenters. The third-order valence-electron chi connectivity index (χ3n) is 3.41. The largest absolute Gasteiger partial charge is 0.493 e. The lowest BCUT2D eigenvalue weighted by molar-refractivity contribution is -0.385. The fourth-order valence-electron chi connectivity index (χ4n) is 2.17. The lowest BCUT2D eigenvalue weighted by atomic mass is 10.1. The van der Waals surface area contributed by atoms with Gasteiger partial charge in [-0.2, -0.15) is 5.10 Å².